The number of hydrogen-bond donors (Lipinski definition) is 3. The van der Waals surface area contributed by atoms with Gasteiger partial charge in [0.1, 0.15) is 11.9 Å². The highest BCUT2D eigenvalue weighted by atomic mass is 32.1. The lowest BCUT2D eigenvalue weighted by molar-refractivity contribution is 0.184. The van der Waals surface area contributed by atoms with Crippen molar-refractivity contribution in [3.05, 3.63) is 59.1 Å². The second-order valence-corrected chi connectivity index (χ2v) is 8.61. The Labute approximate surface area is 181 Å². The number of aromatic nitrogens is 1. The minimum atomic E-state index is -0.576. The van der Waals surface area contributed by atoms with Crippen molar-refractivity contribution in [2.24, 2.45) is 4.99 Å². The van der Waals surface area contributed by atoms with Crippen LogP contribution in [0.4, 0.5) is 5.82 Å². The molecular weight excluding hydrogens is 394 g/mol. The average Bonchev–Trinajstić information content (AvgIpc) is 3.46. The molecule has 2 aromatic heterocycles. The summed E-state index contributed by atoms with van der Waals surface area (Å²) >= 11 is 1.63. The molecule has 1 unspecified atom stereocenters. The molecule has 7 heteroatoms. The van der Waals surface area contributed by atoms with Gasteiger partial charge in [-0.3, -0.25) is 0 Å². The van der Waals surface area contributed by atoms with E-state index in [0.29, 0.717) is 19.0 Å². The number of hydrogen-bond acceptors (Lipinski definition) is 5. The first kappa shape index (κ1) is 20.6. The molecule has 0 spiro atoms. The third kappa shape index (κ3) is 5.09. The molecule has 1 aromatic carbocycles. The summed E-state index contributed by atoms with van der Waals surface area (Å²) in [4.78, 5) is 12.5. The van der Waals surface area contributed by atoms with Crippen LogP contribution in [0.1, 0.15) is 36.3 Å². The van der Waals surface area contributed by atoms with Crippen LogP contribution < -0.4 is 15.5 Å². The maximum atomic E-state index is 10.6. The predicted octanol–water partition coefficient (Wildman–Crippen LogP) is 3.69. The number of rotatable bonds is 7. The van der Waals surface area contributed by atoms with Crippen LogP contribution in [0, 0.1) is 0 Å². The van der Waals surface area contributed by atoms with Crippen molar-refractivity contribution in [3.8, 4) is 0 Å². The average molecular weight is 424 g/mol. The van der Waals surface area contributed by atoms with E-state index < -0.39 is 6.10 Å². The Kier molecular flexibility index (Phi) is 6.81. The molecule has 158 valence electrons. The summed E-state index contributed by atoms with van der Waals surface area (Å²) in [5.74, 6) is 1.75. The lowest BCUT2D eigenvalue weighted by Gasteiger charge is -2.16. The van der Waals surface area contributed by atoms with Gasteiger partial charge >= 0.3 is 0 Å². The summed E-state index contributed by atoms with van der Waals surface area (Å²) in [6, 6.07) is 14.4. The Morgan fingerprint density at radius 2 is 2.03 bits per heavy atom. The van der Waals surface area contributed by atoms with Gasteiger partial charge < -0.3 is 20.6 Å². The fourth-order valence-corrected chi connectivity index (χ4v) is 4.67. The van der Waals surface area contributed by atoms with Crippen LogP contribution in [0.3, 0.4) is 0 Å². The number of thiophene rings is 1. The Balaban J connectivity index is 1.34. The van der Waals surface area contributed by atoms with Gasteiger partial charge in [0.2, 0.25) is 0 Å². The van der Waals surface area contributed by atoms with E-state index in [-0.39, 0.29) is 0 Å². The zero-order valence-corrected chi connectivity index (χ0v) is 18.2. The van der Waals surface area contributed by atoms with Crippen LogP contribution in [-0.2, 0) is 6.54 Å². The Morgan fingerprint density at radius 3 is 2.77 bits per heavy atom. The van der Waals surface area contributed by atoms with Gasteiger partial charge in [0, 0.05) is 42.0 Å². The number of aliphatic hydroxyl groups excluding tert-OH is 1. The Bertz CT molecular complexity index is 946. The molecule has 0 amide bonds. The SMILES string of the molecule is CCNC(=NCc1ccc(N2CCCC2)nc1)NCC(O)c1cc2ccccc2s1. The van der Waals surface area contributed by atoms with E-state index >= 15 is 0 Å². The zero-order chi connectivity index (χ0) is 20.8. The molecule has 1 aliphatic rings. The first-order valence-corrected chi connectivity index (χ1v) is 11.4. The highest BCUT2D eigenvalue weighted by Crippen LogP contribution is 2.29. The highest BCUT2D eigenvalue weighted by Gasteiger charge is 2.14. The number of nitrogens with one attached hydrogen (secondary N) is 2. The van der Waals surface area contributed by atoms with E-state index in [1.807, 2.05) is 25.3 Å². The second kappa shape index (κ2) is 9.91. The van der Waals surface area contributed by atoms with Crippen molar-refractivity contribution in [2.45, 2.75) is 32.4 Å². The van der Waals surface area contributed by atoms with E-state index in [1.54, 1.807) is 11.3 Å². The van der Waals surface area contributed by atoms with Gasteiger partial charge in [-0.25, -0.2) is 9.98 Å². The summed E-state index contributed by atoms with van der Waals surface area (Å²) in [5, 5.41) is 18.3. The molecule has 3 aromatic rings. The van der Waals surface area contributed by atoms with Gasteiger partial charge in [-0.1, -0.05) is 24.3 Å². The molecule has 1 atom stereocenters. The number of aliphatic imine (C=N–C) groups is 1. The summed E-state index contributed by atoms with van der Waals surface area (Å²) < 4.78 is 1.19. The molecule has 3 heterocycles. The first-order valence-electron chi connectivity index (χ1n) is 10.6. The van der Waals surface area contributed by atoms with Gasteiger partial charge in [-0.05, 0) is 48.9 Å². The summed E-state index contributed by atoms with van der Waals surface area (Å²) in [6.07, 6.45) is 3.83. The van der Waals surface area contributed by atoms with Crippen LogP contribution in [-0.4, -0.2) is 42.2 Å². The fraction of sp³-hybridized carbons (Fsp3) is 0.391. The third-order valence-electron chi connectivity index (χ3n) is 5.24. The molecule has 0 bridgehead atoms. The molecule has 1 fully saturated rings. The molecule has 3 N–H and O–H groups in total. The largest absolute Gasteiger partial charge is 0.386 e. The van der Waals surface area contributed by atoms with Crippen molar-refractivity contribution >= 4 is 33.2 Å². The quantitative estimate of drug-likeness (QED) is 0.399. The maximum Gasteiger partial charge on any atom is 0.191 e. The fourth-order valence-electron chi connectivity index (χ4n) is 3.62. The topological polar surface area (TPSA) is 72.8 Å². The molecular formula is C23H29N5OS. The van der Waals surface area contributed by atoms with Crippen LogP contribution >= 0.6 is 11.3 Å². The smallest absolute Gasteiger partial charge is 0.191 e. The first-order chi connectivity index (χ1) is 14.7. The molecule has 0 radical (unpaired) electrons. The number of fused-ring (bicyclic) bond motifs is 1. The molecule has 0 saturated carbocycles. The number of guanidine groups is 1. The molecule has 0 aliphatic carbocycles. The van der Waals surface area contributed by atoms with Gasteiger partial charge in [-0.15, -0.1) is 11.3 Å². The van der Waals surface area contributed by atoms with E-state index in [1.165, 1.54) is 22.9 Å². The van der Waals surface area contributed by atoms with Crippen LogP contribution in [0.15, 0.2) is 53.7 Å². The van der Waals surface area contributed by atoms with Crippen LogP contribution in [0.25, 0.3) is 10.1 Å². The van der Waals surface area contributed by atoms with E-state index in [2.05, 4.69) is 55.8 Å². The lowest BCUT2D eigenvalue weighted by atomic mass is 10.2. The molecule has 4 rings (SSSR count). The standard InChI is InChI=1S/C23H29N5OS/c1-2-24-23(26-15-17-9-10-22(25-14-17)28-11-5-6-12-28)27-16-19(29)21-13-18-7-3-4-8-20(18)30-21/h3-4,7-10,13-14,19,29H,2,5-6,11-12,15-16H2,1H3,(H2,24,26,27). The predicted molar refractivity (Wildman–Crippen MR) is 125 cm³/mol. The van der Waals surface area contributed by atoms with Crippen molar-refractivity contribution in [2.75, 3.05) is 31.1 Å². The minimum absolute atomic E-state index is 0.408. The molecule has 6 nitrogen and oxygen atoms in total. The van der Waals surface area contributed by atoms with Crippen molar-refractivity contribution in [1.29, 1.82) is 0 Å². The molecule has 1 saturated heterocycles. The van der Waals surface area contributed by atoms with Gasteiger partial charge in [0.15, 0.2) is 5.96 Å². The number of benzene rings is 1. The van der Waals surface area contributed by atoms with Crippen LogP contribution in [0.5, 0.6) is 0 Å². The summed E-state index contributed by atoms with van der Waals surface area (Å²) in [5.41, 5.74) is 1.07. The number of nitrogens with zero attached hydrogens (tertiary/aromatic N) is 3. The van der Waals surface area contributed by atoms with Crippen LogP contribution in [0.2, 0.25) is 0 Å². The number of anilines is 1. The Hall–Kier alpha value is -2.64. The van der Waals surface area contributed by atoms with Gasteiger partial charge in [0.05, 0.1) is 6.54 Å². The second-order valence-electron chi connectivity index (χ2n) is 7.50. The summed E-state index contributed by atoms with van der Waals surface area (Å²) in [7, 11) is 0. The number of pyridine rings is 1. The van der Waals surface area contributed by atoms with Crippen molar-refractivity contribution in [3.63, 3.8) is 0 Å². The minimum Gasteiger partial charge on any atom is -0.386 e. The number of aliphatic hydroxyl groups is 1. The van der Waals surface area contributed by atoms with Gasteiger partial charge in [-0.2, -0.15) is 0 Å². The van der Waals surface area contributed by atoms with E-state index in [4.69, 9.17) is 0 Å². The zero-order valence-electron chi connectivity index (χ0n) is 17.3. The van der Waals surface area contributed by atoms with E-state index in [9.17, 15) is 5.11 Å². The summed E-state index contributed by atoms with van der Waals surface area (Å²) in [6.45, 7) is 5.94. The normalized spacial score (nSPS) is 15.5. The lowest BCUT2D eigenvalue weighted by Crippen LogP contribution is -2.39. The third-order valence-corrected chi connectivity index (χ3v) is 6.46. The van der Waals surface area contributed by atoms with E-state index in [0.717, 1.165) is 35.9 Å². The Morgan fingerprint density at radius 1 is 1.20 bits per heavy atom. The van der Waals surface area contributed by atoms with Crippen molar-refractivity contribution in [1.82, 2.24) is 15.6 Å². The maximum absolute atomic E-state index is 10.6. The van der Waals surface area contributed by atoms with Crippen molar-refractivity contribution < 1.29 is 5.11 Å². The highest BCUT2D eigenvalue weighted by molar-refractivity contribution is 7.19. The van der Waals surface area contributed by atoms with Gasteiger partial charge in [0.25, 0.3) is 0 Å². The molecule has 30 heavy (non-hydrogen) atoms. The monoisotopic (exact) mass is 423 g/mol. The molecule has 1 aliphatic heterocycles.